The predicted molar refractivity (Wildman–Crippen MR) is 132 cm³/mol. The Morgan fingerprint density at radius 2 is 1.50 bits per heavy atom. The maximum atomic E-state index is 13.5. The number of hydrogen-bond acceptors (Lipinski definition) is 4. The van der Waals surface area contributed by atoms with E-state index in [0.717, 1.165) is 27.8 Å². The smallest absolute Gasteiger partial charge is 0.258 e. The van der Waals surface area contributed by atoms with Crippen LogP contribution >= 0.6 is 0 Å². The fourth-order valence-corrected chi connectivity index (χ4v) is 6.81. The number of fused-ring (bicyclic) bond motifs is 1. The van der Waals surface area contributed by atoms with Gasteiger partial charge in [0.15, 0.2) is 0 Å². The normalized spacial score (nSPS) is 16.8. The molecule has 0 unspecified atom stereocenters. The van der Waals surface area contributed by atoms with Crippen LogP contribution in [0.1, 0.15) is 44.6 Å². The minimum Gasteiger partial charge on any atom is -0.340 e. The third kappa shape index (κ3) is 4.05. The van der Waals surface area contributed by atoms with Crippen LogP contribution in [-0.4, -0.2) is 67.1 Å². The molecule has 2 aromatic rings. The van der Waals surface area contributed by atoms with Crippen LogP contribution in [0.4, 0.5) is 0 Å². The highest BCUT2D eigenvalue weighted by Gasteiger charge is 2.34. The molecule has 0 saturated carbocycles. The molecule has 2 amide bonds. The molecule has 2 aliphatic heterocycles. The van der Waals surface area contributed by atoms with Gasteiger partial charge in [-0.25, -0.2) is 8.42 Å². The third-order valence-electron chi connectivity index (χ3n) is 7.08. The van der Waals surface area contributed by atoms with Crippen LogP contribution in [0.3, 0.4) is 0 Å². The monoisotopic (exact) mass is 481 g/mol. The summed E-state index contributed by atoms with van der Waals surface area (Å²) in [5.74, 6) is -0.226. The molecular weight excluding hydrogens is 450 g/mol. The van der Waals surface area contributed by atoms with Crippen molar-refractivity contribution in [3.63, 3.8) is 0 Å². The van der Waals surface area contributed by atoms with Gasteiger partial charge in [-0.15, -0.1) is 0 Å². The topological polar surface area (TPSA) is 78.0 Å². The van der Waals surface area contributed by atoms with E-state index in [1.54, 1.807) is 15.9 Å². The van der Waals surface area contributed by atoms with Crippen molar-refractivity contribution in [2.24, 2.45) is 0 Å². The molecule has 34 heavy (non-hydrogen) atoms. The van der Waals surface area contributed by atoms with Crippen LogP contribution in [0.15, 0.2) is 41.8 Å². The molecule has 2 heterocycles. The Labute approximate surface area is 201 Å². The van der Waals surface area contributed by atoms with Gasteiger partial charge in [-0.2, -0.15) is 4.31 Å². The van der Waals surface area contributed by atoms with Gasteiger partial charge in [-0.05, 0) is 56.0 Å². The molecule has 0 atom stereocenters. The van der Waals surface area contributed by atoms with E-state index in [2.05, 4.69) is 6.58 Å². The molecule has 4 rings (SSSR count). The van der Waals surface area contributed by atoms with E-state index in [4.69, 9.17) is 0 Å². The lowest BCUT2D eigenvalue weighted by molar-refractivity contribution is -0.132. The molecule has 0 bridgehead atoms. The summed E-state index contributed by atoms with van der Waals surface area (Å²) in [5.41, 5.74) is 5.48. The van der Waals surface area contributed by atoms with Crippen LogP contribution in [0.25, 0.3) is 5.70 Å². The zero-order valence-corrected chi connectivity index (χ0v) is 21.0. The molecular formula is C26H31N3O4S. The molecule has 2 aliphatic rings. The molecule has 7 nitrogen and oxygen atoms in total. The predicted octanol–water partition coefficient (Wildman–Crippen LogP) is 3.27. The second-order valence-electron chi connectivity index (χ2n) is 9.07. The number of benzene rings is 2. The molecule has 0 N–H and O–H groups in total. The first-order valence-electron chi connectivity index (χ1n) is 11.5. The van der Waals surface area contributed by atoms with Crippen LogP contribution in [-0.2, 0) is 14.8 Å². The van der Waals surface area contributed by atoms with E-state index in [1.807, 2.05) is 52.0 Å². The number of nitrogens with zero attached hydrogens (tertiary/aromatic N) is 3. The van der Waals surface area contributed by atoms with Crippen molar-refractivity contribution < 1.29 is 18.0 Å². The van der Waals surface area contributed by atoms with Gasteiger partial charge in [0, 0.05) is 56.0 Å². The molecule has 180 valence electrons. The van der Waals surface area contributed by atoms with Gasteiger partial charge in [0.05, 0.1) is 4.90 Å². The molecule has 0 aliphatic carbocycles. The standard InChI is InChI=1S/C26H31N3O4S/c1-17-16-18(2)20(4)25(19(17)3)34(32,33)28-14-12-27(13-15-28)24(30)10-11-29-21(5)22-8-6-7-9-23(22)26(29)31/h6-9,16H,5,10-15H2,1-4H3. The fourth-order valence-electron chi connectivity index (χ4n) is 4.81. The Kier molecular flexibility index (Phi) is 6.40. The number of piperazine rings is 1. The SMILES string of the molecule is C=C1c2ccccc2C(=O)N1CCC(=O)N1CCN(S(=O)(=O)c2c(C)c(C)cc(C)c2C)CC1. The number of carbonyl (C=O) groups excluding carboxylic acids is 2. The minimum absolute atomic E-state index is 0.0904. The third-order valence-corrected chi connectivity index (χ3v) is 9.25. The van der Waals surface area contributed by atoms with E-state index in [-0.39, 0.29) is 37.9 Å². The van der Waals surface area contributed by atoms with Gasteiger partial charge in [-0.3, -0.25) is 9.59 Å². The maximum absolute atomic E-state index is 13.5. The van der Waals surface area contributed by atoms with E-state index in [9.17, 15) is 18.0 Å². The maximum Gasteiger partial charge on any atom is 0.258 e. The zero-order chi connectivity index (χ0) is 24.8. The van der Waals surface area contributed by atoms with Crippen molar-refractivity contribution in [1.82, 2.24) is 14.1 Å². The van der Waals surface area contributed by atoms with Gasteiger partial charge >= 0.3 is 0 Å². The van der Waals surface area contributed by atoms with E-state index in [0.29, 0.717) is 29.2 Å². The average molecular weight is 482 g/mol. The number of carbonyl (C=O) groups is 2. The molecule has 2 aromatic carbocycles. The lowest BCUT2D eigenvalue weighted by atomic mass is 10.0. The van der Waals surface area contributed by atoms with Crippen LogP contribution in [0.5, 0.6) is 0 Å². The highest BCUT2D eigenvalue weighted by atomic mass is 32.2. The minimum atomic E-state index is -3.66. The van der Waals surface area contributed by atoms with Crippen molar-refractivity contribution in [3.8, 4) is 0 Å². The summed E-state index contributed by atoms with van der Waals surface area (Å²) in [6.07, 6.45) is 0.167. The number of amides is 2. The molecule has 1 saturated heterocycles. The van der Waals surface area contributed by atoms with E-state index >= 15 is 0 Å². The van der Waals surface area contributed by atoms with Crippen molar-refractivity contribution in [3.05, 3.63) is 70.3 Å². The number of hydrogen-bond donors (Lipinski definition) is 0. The van der Waals surface area contributed by atoms with Crippen LogP contribution < -0.4 is 0 Å². The van der Waals surface area contributed by atoms with Crippen molar-refractivity contribution in [1.29, 1.82) is 0 Å². The summed E-state index contributed by atoms with van der Waals surface area (Å²) in [5, 5.41) is 0. The molecule has 1 fully saturated rings. The number of aryl methyl sites for hydroxylation is 2. The zero-order valence-electron chi connectivity index (χ0n) is 20.2. The highest BCUT2D eigenvalue weighted by Crippen LogP contribution is 2.32. The second kappa shape index (κ2) is 9.00. The summed E-state index contributed by atoms with van der Waals surface area (Å²) >= 11 is 0. The quantitative estimate of drug-likeness (QED) is 0.657. The Morgan fingerprint density at radius 3 is 2.06 bits per heavy atom. The lowest BCUT2D eigenvalue weighted by Gasteiger charge is -2.35. The van der Waals surface area contributed by atoms with Crippen LogP contribution in [0, 0.1) is 27.7 Å². The number of sulfonamides is 1. The summed E-state index contributed by atoms with van der Waals surface area (Å²) in [4.78, 5) is 29.1. The van der Waals surface area contributed by atoms with Gasteiger partial charge in [0.2, 0.25) is 15.9 Å². The van der Waals surface area contributed by atoms with Gasteiger partial charge in [-0.1, -0.05) is 30.8 Å². The lowest BCUT2D eigenvalue weighted by Crippen LogP contribution is -2.51. The van der Waals surface area contributed by atoms with Gasteiger partial charge in [0.25, 0.3) is 5.91 Å². The van der Waals surface area contributed by atoms with Crippen molar-refractivity contribution in [2.75, 3.05) is 32.7 Å². The average Bonchev–Trinajstić information content (AvgIpc) is 3.06. The van der Waals surface area contributed by atoms with E-state index in [1.165, 1.54) is 4.31 Å². The summed E-state index contributed by atoms with van der Waals surface area (Å²) < 4.78 is 28.4. The first-order valence-corrected chi connectivity index (χ1v) is 12.9. The first kappa shape index (κ1) is 24.2. The Morgan fingerprint density at radius 1 is 0.941 bits per heavy atom. The molecule has 0 aromatic heterocycles. The largest absolute Gasteiger partial charge is 0.340 e. The van der Waals surface area contributed by atoms with Crippen molar-refractivity contribution in [2.45, 2.75) is 39.0 Å². The Hall–Kier alpha value is -2.97. The van der Waals surface area contributed by atoms with Gasteiger partial charge < -0.3 is 9.80 Å². The van der Waals surface area contributed by atoms with Gasteiger partial charge in [0.1, 0.15) is 0 Å². The molecule has 0 spiro atoms. The Balaban J connectivity index is 1.39. The summed E-state index contributed by atoms with van der Waals surface area (Å²) in [6.45, 7) is 13.0. The molecule has 8 heteroatoms. The summed E-state index contributed by atoms with van der Waals surface area (Å²) in [7, 11) is -3.66. The fraction of sp³-hybridized carbons (Fsp3) is 0.385. The second-order valence-corrected chi connectivity index (χ2v) is 10.9. The first-order chi connectivity index (χ1) is 16.0. The number of rotatable bonds is 5. The van der Waals surface area contributed by atoms with E-state index < -0.39 is 10.0 Å². The Bertz CT molecular complexity index is 1230. The highest BCUT2D eigenvalue weighted by molar-refractivity contribution is 7.89. The molecule has 0 radical (unpaired) electrons. The van der Waals surface area contributed by atoms with Crippen molar-refractivity contribution >= 4 is 27.5 Å². The van der Waals surface area contributed by atoms with Crippen LogP contribution in [0.2, 0.25) is 0 Å². The summed E-state index contributed by atoms with van der Waals surface area (Å²) in [6, 6.07) is 9.31.